The number of carbonyl (C=O) groups excluding carboxylic acids is 1. The van der Waals surface area contributed by atoms with Gasteiger partial charge in [0.2, 0.25) is 0 Å². The Bertz CT molecular complexity index is 811. The van der Waals surface area contributed by atoms with Crippen LogP contribution < -0.4 is 11.4 Å². The third kappa shape index (κ3) is 2.71. The van der Waals surface area contributed by atoms with Crippen LogP contribution in [0.1, 0.15) is 5.69 Å². The molecule has 0 aliphatic rings. The number of rotatable bonds is 4. The van der Waals surface area contributed by atoms with Gasteiger partial charge in [0.25, 0.3) is 0 Å². The number of fused-ring (bicyclic) bond motifs is 1. The highest BCUT2D eigenvalue weighted by molar-refractivity contribution is 6.01. The molecule has 0 spiro atoms. The van der Waals surface area contributed by atoms with Crippen LogP contribution in [-0.4, -0.2) is 49.8 Å². The molecule has 21 heavy (non-hydrogen) atoms. The molecule has 0 saturated heterocycles. The average Bonchev–Trinajstić information content (AvgIpc) is 2.92. The van der Waals surface area contributed by atoms with Gasteiger partial charge in [-0.25, -0.2) is 14.2 Å². The van der Waals surface area contributed by atoms with E-state index in [4.69, 9.17) is 12.2 Å². The first kappa shape index (κ1) is 14.2. The number of ether oxygens (including phenoxy) is 1. The maximum absolute atomic E-state index is 12.0. The molecule has 0 aliphatic heterocycles. The number of hydrogen-bond acceptors (Lipinski definition) is 7. The summed E-state index contributed by atoms with van der Waals surface area (Å²) in [5.41, 5.74) is 5.48. The van der Waals surface area contributed by atoms with Crippen LogP contribution in [0.25, 0.3) is 5.65 Å². The van der Waals surface area contributed by atoms with Gasteiger partial charge in [0.05, 0.1) is 7.11 Å². The van der Waals surface area contributed by atoms with E-state index in [1.807, 2.05) is 0 Å². The molecule has 0 aromatic carbocycles. The molecule has 0 amide bonds. The van der Waals surface area contributed by atoms with E-state index in [1.165, 1.54) is 13.4 Å². The van der Waals surface area contributed by atoms with Crippen molar-refractivity contribution in [3.05, 3.63) is 22.5 Å². The minimum Gasteiger partial charge on any atom is -0.468 e. The molecule has 0 radical (unpaired) electrons. The van der Waals surface area contributed by atoms with Crippen molar-refractivity contribution in [1.82, 2.24) is 24.4 Å². The van der Waals surface area contributed by atoms with Gasteiger partial charge in [0.1, 0.15) is 25.3 Å². The molecule has 0 atom stereocenters. The number of amidine groups is 1. The van der Waals surface area contributed by atoms with Crippen LogP contribution in [0.3, 0.4) is 0 Å². The fourth-order valence-corrected chi connectivity index (χ4v) is 1.49. The number of terminal acetylenes is 1. The van der Waals surface area contributed by atoms with Gasteiger partial charge in [-0.2, -0.15) is 4.68 Å². The first-order valence-corrected chi connectivity index (χ1v) is 5.70. The Labute approximate surface area is 118 Å². The highest BCUT2D eigenvalue weighted by atomic mass is 16.5. The number of nitrogens with two attached hydrogens (primary N) is 1. The van der Waals surface area contributed by atoms with E-state index in [0.29, 0.717) is 0 Å². The highest BCUT2D eigenvalue weighted by Gasteiger charge is 2.14. The van der Waals surface area contributed by atoms with Crippen molar-refractivity contribution in [3.63, 3.8) is 0 Å². The fourth-order valence-electron chi connectivity index (χ4n) is 1.49. The summed E-state index contributed by atoms with van der Waals surface area (Å²) in [7, 11) is 1.24. The summed E-state index contributed by atoms with van der Waals surface area (Å²) in [5, 5.41) is 7.50. The Morgan fingerprint density at radius 2 is 2.38 bits per heavy atom. The van der Waals surface area contributed by atoms with Crippen molar-refractivity contribution in [2.75, 3.05) is 13.7 Å². The molecule has 0 fully saturated rings. The van der Waals surface area contributed by atoms with Gasteiger partial charge in [-0.05, 0) is 0 Å². The fraction of sp³-hybridized carbons (Fsp3) is 0.273. The summed E-state index contributed by atoms with van der Waals surface area (Å²) in [4.78, 5) is 30.8. The largest absolute Gasteiger partial charge is 0.468 e. The molecule has 0 aliphatic carbocycles. The van der Waals surface area contributed by atoms with Crippen molar-refractivity contribution in [1.29, 1.82) is 0 Å². The van der Waals surface area contributed by atoms with Gasteiger partial charge in [-0.3, -0.25) is 9.79 Å². The molecule has 2 aromatic heterocycles. The van der Waals surface area contributed by atoms with Crippen molar-refractivity contribution in [2.45, 2.75) is 6.54 Å². The minimum atomic E-state index is -0.552. The number of aromatic nitrogens is 5. The zero-order valence-electron chi connectivity index (χ0n) is 11.1. The van der Waals surface area contributed by atoms with Crippen LogP contribution in [0.15, 0.2) is 16.1 Å². The molecule has 108 valence electrons. The summed E-state index contributed by atoms with van der Waals surface area (Å²) >= 11 is 0. The second kappa shape index (κ2) is 5.83. The topological polar surface area (TPSA) is 130 Å². The first-order chi connectivity index (χ1) is 10.1. The molecule has 0 saturated carbocycles. The predicted octanol–water partition coefficient (Wildman–Crippen LogP) is -2.20. The Morgan fingerprint density at radius 1 is 1.62 bits per heavy atom. The third-order valence-electron chi connectivity index (χ3n) is 2.51. The Balaban J connectivity index is 2.44. The van der Waals surface area contributed by atoms with Crippen LogP contribution in [0.4, 0.5) is 0 Å². The second-order valence-corrected chi connectivity index (χ2v) is 3.80. The molecule has 0 unspecified atom stereocenters. The Kier molecular flexibility index (Phi) is 3.94. The first-order valence-electron chi connectivity index (χ1n) is 5.70. The van der Waals surface area contributed by atoms with Crippen molar-refractivity contribution in [3.8, 4) is 12.3 Å². The summed E-state index contributed by atoms with van der Waals surface area (Å²) < 4.78 is 6.58. The van der Waals surface area contributed by atoms with Crippen LogP contribution in [0.2, 0.25) is 0 Å². The van der Waals surface area contributed by atoms with E-state index < -0.39 is 11.7 Å². The normalized spacial score (nSPS) is 11.3. The molecule has 10 heteroatoms. The molecule has 2 heterocycles. The van der Waals surface area contributed by atoms with E-state index in [9.17, 15) is 9.59 Å². The van der Waals surface area contributed by atoms with Gasteiger partial charge in [0, 0.05) is 0 Å². The van der Waals surface area contributed by atoms with Crippen molar-refractivity contribution in [2.24, 2.45) is 10.7 Å². The summed E-state index contributed by atoms with van der Waals surface area (Å²) in [6, 6.07) is 0. The van der Waals surface area contributed by atoms with Gasteiger partial charge >= 0.3 is 11.7 Å². The zero-order valence-corrected chi connectivity index (χ0v) is 11.1. The quantitative estimate of drug-likeness (QED) is 0.292. The van der Waals surface area contributed by atoms with Crippen LogP contribution >= 0.6 is 0 Å². The van der Waals surface area contributed by atoms with E-state index in [2.05, 4.69) is 30.9 Å². The van der Waals surface area contributed by atoms with Crippen molar-refractivity contribution < 1.29 is 9.53 Å². The van der Waals surface area contributed by atoms with Crippen LogP contribution in [0.5, 0.6) is 0 Å². The molecule has 2 rings (SSSR count). The third-order valence-corrected chi connectivity index (χ3v) is 2.51. The smallest absolute Gasteiger partial charge is 0.353 e. The number of methoxy groups -OCH3 is 1. The van der Waals surface area contributed by atoms with E-state index in [1.54, 1.807) is 0 Å². The van der Waals surface area contributed by atoms with Crippen LogP contribution in [0, 0.1) is 12.3 Å². The number of imidazole rings is 1. The lowest BCUT2D eigenvalue weighted by molar-refractivity contribution is -0.138. The Morgan fingerprint density at radius 3 is 3.05 bits per heavy atom. The lowest BCUT2D eigenvalue weighted by atomic mass is 10.4. The van der Waals surface area contributed by atoms with E-state index >= 15 is 0 Å². The Hall–Kier alpha value is -3.22. The SMILES string of the molecule is C#CCn1nnc2c(C(N)=NCC(=O)OC)ncn2c1=O. The van der Waals surface area contributed by atoms with Gasteiger partial charge in [-0.15, -0.1) is 11.5 Å². The summed E-state index contributed by atoms with van der Waals surface area (Å²) in [6.07, 6.45) is 6.35. The standard InChI is InChI=1S/C11H11N7O3/c1-3-4-18-11(20)17-6-14-8(10(17)15-16-18)9(12)13-5-7(19)21-2/h1,6H,4-5H2,2H3,(H2,12,13). The van der Waals surface area contributed by atoms with Gasteiger partial charge < -0.3 is 10.5 Å². The number of hydrogen-bond donors (Lipinski definition) is 1. The lowest BCUT2D eigenvalue weighted by Crippen LogP contribution is -2.30. The lowest BCUT2D eigenvalue weighted by Gasteiger charge is -2.00. The molecule has 2 N–H and O–H groups in total. The maximum atomic E-state index is 12.0. The molecular formula is C11H11N7O3. The van der Waals surface area contributed by atoms with Gasteiger partial charge in [-0.1, -0.05) is 11.1 Å². The minimum absolute atomic E-state index is 0.0127. The highest BCUT2D eigenvalue weighted by Crippen LogP contribution is 2.02. The summed E-state index contributed by atoms with van der Waals surface area (Å²) in [6.45, 7) is -0.274. The van der Waals surface area contributed by atoms with Crippen LogP contribution in [-0.2, 0) is 16.1 Å². The van der Waals surface area contributed by atoms with E-state index in [0.717, 1.165) is 9.08 Å². The number of aliphatic imine (C=N–C) groups is 1. The van der Waals surface area contributed by atoms with Crippen molar-refractivity contribution >= 4 is 17.5 Å². The van der Waals surface area contributed by atoms with E-state index in [-0.39, 0.29) is 30.3 Å². The van der Waals surface area contributed by atoms with Gasteiger partial charge in [0.15, 0.2) is 11.3 Å². The predicted molar refractivity (Wildman–Crippen MR) is 71.5 cm³/mol. The number of carbonyl (C=O) groups is 1. The molecule has 2 aromatic rings. The molecule has 0 bridgehead atoms. The second-order valence-electron chi connectivity index (χ2n) is 3.80. The number of nitrogens with zero attached hydrogens (tertiary/aromatic N) is 6. The average molecular weight is 289 g/mol. The number of esters is 1. The monoisotopic (exact) mass is 289 g/mol. The molecule has 10 nitrogen and oxygen atoms in total. The zero-order chi connectivity index (χ0) is 15.4. The maximum Gasteiger partial charge on any atom is 0.353 e. The summed E-state index contributed by atoms with van der Waals surface area (Å²) in [5.74, 6) is 1.68. The molecular weight excluding hydrogens is 278 g/mol.